The van der Waals surface area contributed by atoms with E-state index in [0.717, 1.165) is 13.0 Å². The molecule has 0 heterocycles. The van der Waals surface area contributed by atoms with Gasteiger partial charge in [-0.2, -0.15) is 0 Å². The quantitative estimate of drug-likeness (QED) is 0.111. The van der Waals surface area contributed by atoms with Crippen LogP contribution in [0.15, 0.2) is 0 Å². The summed E-state index contributed by atoms with van der Waals surface area (Å²) in [5, 5.41) is 0. The normalized spacial score (nSPS) is 11.2. The van der Waals surface area contributed by atoms with E-state index in [1.807, 2.05) is 0 Å². The van der Waals surface area contributed by atoms with Crippen LogP contribution in [0.3, 0.4) is 0 Å². The van der Waals surface area contributed by atoms with E-state index in [9.17, 15) is 4.79 Å². The molecule has 0 saturated heterocycles. The molecule has 0 radical (unpaired) electrons. The summed E-state index contributed by atoms with van der Waals surface area (Å²) < 4.78 is 36.8. The van der Waals surface area contributed by atoms with Crippen LogP contribution in [0.2, 0.25) is 0 Å². The summed E-state index contributed by atoms with van der Waals surface area (Å²) in [5.41, 5.74) is 0. The maximum Gasteiger partial charge on any atom is 0.331 e. The molecule has 0 fully saturated rings. The third kappa shape index (κ3) is 29.3. The van der Waals surface area contributed by atoms with Crippen molar-refractivity contribution in [1.82, 2.24) is 0 Å². The minimum Gasteiger partial charge on any atom is -0.467 e. The first-order valence-corrected chi connectivity index (χ1v) is 13.3. The molecule has 8 nitrogen and oxygen atoms in total. The molecule has 0 spiro atoms. The average Bonchev–Trinajstić information content (AvgIpc) is 2.85. The molecule has 0 aromatic rings. The van der Waals surface area contributed by atoms with Crippen LogP contribution in [0.1, 0.15) is 77.6 Å². The maximum absolute atomic E-state index is 10.8. The monoisotopic (exact) mass is 492 g/mol. The van der Waals surface area contributed by atoms with Crippen molar-refractivity contribution in [3.05, 3.63) is 0 Å². The molecular weight excluding hydrogens is 440 g/mol. The third-order valence-corrected chi connectivity index (χ3v) is 5.20. The number of carbonyl (C=O) groups excluding carboxylic acids is 1. The predicted octanol–water partition coefficient (Wildman–Crippen LogP) is 4.57. The molecular formula is C26H52O8. The van der Waals surface area contributed by atoms with Gasteiger partial charge in [-0.1, -0.05) is 71.1 Å². The zero-order valence-corrected chi connectivity index (χ0v) is 22.0. The number of unbranched alkanes of at least 4 members (excludes halogenated alkanes) is 10. The van der Waals surface area contributed by atoms with Crippen LogP contribution in [-0.2, 0) is 38.0 Å². The largest absolute Gasteiger partial charge is 0.467 e. The molecule has 0 aliphatic carbocycles. The zero-order valence-electron chi connectivity index (χ0n) is 22.0. The van der Waals surface area contributed by atoms with E-state index in [1.54, 1.807) is 0 Å². The van der Waals surface area contributed by atoms with E-state index >= 15 is 0 Å². The van der Waals surface area contributed by atoms with Crippen molar-refractivity contribution >= 4 is 5.97 Å². The van der Waals surface area contributed by atoms with Gasteiger partial charge in [0.15, 0.2) is 0 Å². The van der Waals surface area contributed by atoms with Crippen LogP contribution in [-0.4, -0.2) is 92.4 Å². The number of hydrogen-bond donors (Lipinski definition) is 0. The molecule has 0 aliphatic rings. The summed E-state index contributed by atoms with van der Waals surface area (Å²) in [5.74, 6) is -0.392. The molecule has 0 saturated carbocycles. The fraction of sp³-hybridized carbons (Fsp3) is 0.962. The summed E-state index contributed by atoms with van der Waals surface area (Å²) in [6.45, 7) is 8.20. The molecule has 0 atom stereocenters. The van der Waals surface area contributed by atoms with Crippen LogP contribution < -0.4 is 0 Å². The first-order valence-electron chi connectivity index (χ1n) is 13.3. The van der Waals surface area contributed by atoms with E-state index in [4.69, 9.17) is 28.4 Å². The first-order chi connectivity index (χ1) is 16.8. The Bertz CT molecular complexity index is 395. The van der Waals surface area contributed by atoms with Crippen molar-refractivity contribution in [2.45, 2.75) is 77.6 Å². The van der Waals surface area contributed by atoms with Crippen LogP contribution in [0, 0.1) is 0 Å². The van der Waals surface area contributed by atoms with Crippen LogP contribution in [0.25, 0.3) is 0 Å². The SMILES string of the molecule is CCCCCCCCCCCCCOCCOCCOCCOCCOCCOCC(=O)OC. The molecule has 0 unspecified atom stereocenters. The van der Waals surface area contributed by atoms with Gasteiger partial charge in [-0.05, 0) is 6.42 Å². The summed E-state index contributed by atoms with van der Waals surface area (Å²) >= 11 is 0. The van der Waals surface area contributed by atoms with Crippen molar-refractivity contribution in [3.63, 3.8) is 0 Å². The Morgan fingerprint density at radius 1 is 0.441 bits per heavy atom. The highest BCUT2D eigenvalue weighted by atomic mass is 16.6. The number of esters is 1. The Hall–Kier alpha value is -0.770. The van der Waals surface area contributed by atoms with Crippen LogP contribution in [0.5, 0.6) is 0 Å². The fourth-order valence-corrected chi connectivity index (χ4v) is 3.18. The lowest BCUT2D eigenvalue weighted by atomic mass is 10.1. The molecule has 0 aliphatic heterocycles. The topological polar surface area (TPSA) is 81.7 Å². The fourth-order valence-electron chi connectivity index (χ4n) is 3.18. The van der Waals surface area contributed by atoms with Crippen LogP contribution in [0.4, 0.5) is 0 Å². The number of rotatable bonds is 29. The number of hydrogen-bond acceptors (Lipinski definition) is 8. The molecule has 0 aromatic heterocycles. The van der Waals surface area contributed by atoms with Crippen molar-refractivity contribution < 1.29 is 38.0 Å². The highest BCUT2D eigenvalue weighted by Crippen LogP contribution is 2.11. The Labute approximate surface area is 208 Å². The van der Waals surface area contributed by atoms with E-state index in [-0.39, 0.29) is 6.61 Å². The first kappa shape index (κ1) is 33.2. The van der Waals surface area contributed by atoms with E-state index in [0.29, 0.717) is 66.1 Å². The summed E-state index contributed by atoms with van der Waals surface area (Å²) in [7, 11) is 1.33. The van der Waals surface area contributed by atoms with Crippen molar-refractivity contribution in [2.75, 3.05) is 86.4 Å². The van der Waals surface area contributed by atoms with E-state index < -0.39 is 5.97 Å². The molecule has 8 heteroatoms. The van der Waals surface area contributed by atoms with Gasteiger partial charge in [-0.3, -0.25) is 0 Å². The van der Waals surface area contributed by atoms with E-state index in [1.165, 1.54) is 71.3 Å². The third-order valence-electron chi connectivity index (χ3n) is 5.20. The van der Waals surface area contributed by atoms with Gasteiger partial charge in [0.1, 0.15) is 6.61 Å². The standard InChI is InChI=1S/C26H52O8/c1-3-4-5-6-7-8-9-10-11-12-13-14-29-15-16-30-17-18-31-19-20-32-21-22-33-23-24-34-25-26(27)28-2/h3-25H2,1-2H3. The zero-order chi connectivity index (χ0) is 24.8. The second kappa shape index (κ2) is 30.3. The maximum atomic E-state index is 10.8. The molecule has 0 aromatic carbocycles. The minimum absolute atomic E-state index is 0.0517. The Kier molecular flexibility index (Phi) is 29.6. The number of carbonyl (C=O) groups is 1. The summed E-state index contributed by atoms with van der Waals surface area (Å²) in [6.07, 6.45) is 14.9. The Balaban J connectivity index is 3.02. The van der Waals surface area contributed by atoms with Gasteiger partial charge in [0.05, 0.1) is 73.2 Å². The molecule has 0 amide bonds. The molecule has 0 N–H and O–H groups in total. The van der Waals surface area contributed by atoms with Gasteiger partial charge in [-0.15, -0.1) is 0 Å². The second-order valence-electron chi connectivity index (χ2n) is 8.23. The highest BCUT2D eigenvalue weighted by molar-refractivity contribution is 5.70. The second-order valence-corrected chi connectivity index (χ2v) is 8.23. The van der Waals surface area contributed by atoms with Crippen molar-refractivity contribution in [3.8, 4) is 0 Å². The van der Waals surface area contributed by atoms with Crippen molar-refractivity contribution in [2.24, 2.45) is 0 Å². The summed E-state index contributed by atoms with van der Waals surface area (Å²) in [6, 6.07) is 0. The van der Waals surface area contributed by atoms with Gasteiger partial charge >= 0.3 is 5.97 Å². The van der Waals surface area contributed by atoms with Gasteiger partial charge < -0.3 is 33.2 Å². The number of methoxy groups -OCH3 is 1. The van der Waals surface area contributed by atoms with Crippen molar-refractivity contribution in [1.29, 1.82) is 0 Å². The molecule has 34 heavy (non-hydrogen) atoms. The Morgan fingerprint density at radius 2 is 0.765 bits per heavy atom. The van der Waals surface area contributed by atoms with Gasteiger partial charge in [0, 0.05) is 6.61 Å². The molecule has 204 valence electrons. The van der Waals surface area contributed by atoms with Gasteiger partial charge in [0.25, 0.3) is 0 Å². The smallest absolute Gasteiger partial charge is 0.331 e. The minimum atomic E-state index is -0.392. The average molecular weight is 493 g/mol. The predicted molar refractivity (Wildman–Crippen MR) is 133 cm³/mol. The molecule has 0 rings (SSSR count). The molecule has 0 bridgehead atoms. The van der Waals surface area contributed by atoms with E-state index in [2.05, 4.69) is 11.7 Å². The Morgan fingerprint density at radius 3 is 1.15 bits per heavy atom. The summed E-state index contributed by atoms with van der Waals surface area (Å²) in [4.78, 5) is 10.8. The van der Waals surface area contributed by atoms with Gasteiger partial charge in [0.2, 0.25) is 0 Å². The lowest BCUT2D eigenvalue weighted by Crippen LogP contribution is -2.15. The number of ether oxygens (including phenoxy) is 7. The van der Waals surface area contributed by atoms with Crippen LogP contribution >= 0.6 is 0 Å². The lowest BCUT2D eigenvalue weighted by molar-refractivity contribution is -0.146. The lowest BCUT2D eigenvalue weighted by Gasteiger charge is -2.08. The highest BCUT2D eigenvalue weighted by Gasteiger charge is 1.99. The van der Waals surface area contributed by atoms with Gasteiger partial charge in [-0.25, -0.2) is 4.79 Å².